The molecule has 0 bridgehead atoms. The lowest BCUT2D eigenvalue weighted by molar-refractivity contribution is 0.561. The molecule has 0 aromatic carbocycles. The second-order valence-electron chi connectivity index (χ2n) is 2.97. The van der Waals surface area contributed by atoms with Gasteiger partial charge in [-0.25, -0.2) is 0 Å². The van der Waals surface area contributed by atoms with Crippen molar-refractivity contribution < 1.29 is 0 Å². The van der Waals surface area contributed by atoms with Crippen LogP contribution < -0.4 is 5.32 Å². The lowest BCUT2D eigenvalue weighted by atomic mass is 10.2. The molecule has 1 heteroatoms. The first-order valence-corrected chi connectivity index (χ1v) is 3.98. The molecule has 0 aromatic heterocycles. The Morgan fingerprint density at radius 2 is 2.36 bits per heavy atom. The van der Waals surface area contributed by atoms with E-state index in [1.807, 2.05) is 6.92 Å². The Morgan fingerprint density at radius 3 is 2.82 bits per heavy atom. The van der Waals surface area contributed by atoms with Crippen LogP contribution in [0.25, 0.3) is 0 Å². The van der Waals surface area contributed by atoms with Crippen LogP contribution in [0.15, 0.2) is 12.2 Å². The summed E-state index contributed by atoms with van der Waals surface area (Å²) in [6, 6.07) is 0.430. The zero-order chi connectivity index (χ0) is 8.69. The monoisotopic (exact) mass is 151 g/mol. The van der Waals surface area contributed by atoms with Gasteiger partial charge in [0, 0.05) is 12.5 Å². The quantitative estimate of drug-likeness (QED) is 0.468. The van der Waals surface area contributed by atoms with Crippen LogP contribution >= 0.6 is 0 Å². The predicted octanol–water partition coefficient (Wildman–Crippen LogP) is 1.95. The molecule has 0 aromatic rings. The molecule has 1 N–H and O–H groups in total. The van der Waals surface area contributed by atoms with Gasteiger partial charge in [-0.1, -0.05) is 5.57 Å². The Balaban J connectivity index is 3.25. The minimum atomic E-state index is 0.430. The molecular weight excluding hydrogens is 134 g/mol. The van der Waals surface area contributed by atoms with Crippen molar-refractivity contribution in [3.05, 3.63) is 12.2 Å². The third-order valence-electron chi connectivity index (χ3n) is 1.47. The predicted molar refractivity (Wildman–Crippen MR) is 50.3 cm³/mol. The highest BCUT2D eigenvalue weighted by atomic mass is 14.9. The van der Waals surface area contributed by atoms with Gasteiger partial charge in [-0.05, 0) is 26.8 Å². The standard InChI is InChI=1S/C10H17N/c1-5-6-10(4)11-8-7-9(2)3/h1,10-11H,2,6-8H2,3-4H3. The van der Waals surface area contributed by atoms with Crippen molar-refractivity contribution in [3.8, 4) is 12.3 Å². The maximum absolute atomic E-state index is 5.15. The summed E-state index contributed by atoms with van der Waals surface area (Å²) in [6.07, 6.45) is 6.99. The maximum atomic E-state index is 5.15. The fraction of sp³-hybridized carbons (Fsp3) is 0.600. The van der Waals surface area contributed by atoms with Gasteiger partial charge in [0.15, 0.2) is 0 Å². The number of rotatable bonds is 5. The molecule has 0 heterocycles. The van der Waals surface area contributed by atoms with Crippen molar-refractivity contribution in [3.63, 3.8) is 0 Å². The van der Waals surface area contributed by atoms with E-state index < -0.39 is 0 Å². The van der Waals surface area contributed by atoms with E-state index >= 15 is 0 Å². The van der Waals surface area contributed by atoms with Gasteiger partial charge in [-0.2, -0.15) is 0 Å². The summed E-state index contributed by atoms with van der Waals surface area (Å²) in [6.45, 7) is 8.93. The smallest absolute Gasteiger partial charge is 0.0238 e. The van der Waals surface area contributed by atoms with Crippen molar-refractivity contribution in [2.75, 3.05) is 6.54 Å². The van der Waals surface area contributed by atoms with E-state index in [-0.39, 0.29) is 0 Å². The summed E-state index contributed by atoms with van der Waals surface area (Å²) >= 11 is 0. The molecular formula is C10H17N. The van der Waals surface area contributed by atoms with E-state index in [9.17, 15) is 0 Å². The van der Waals surface area contributed by atoms with Gasteiger partial charge in [0.2, 0.25) is 0 Å². The second kappa shape index (κ2) is 6.00. The summed E-state index contributed by atoms with van der Waals surface area (Å²) in [4.78, 5) is 0. The first kappa shape index (κ1) is 10.3. The van der Waals surface area contributed by atoms with Gasteiger partial charge in [-0.15, -0.1) is 18.9 Å². The SMILES string of the molecule is C#CCC(C)NCCC(=C)C. The van der Waals surface area contributed by atoms with Crippen LogP contribution in [0, 0.1) is 12.3 Å². The molecule has 11 heavy (non-hydrogen) atoms. The van der Waals surface area contributed by atoms with E-state index in [0.29, 0.717) is 6.04 Å². The van der Waals surface area contributed by atoms with Gasteiger partial charge >= 0.3 is 0 Å². The molecule has 0 amide bonds. The molecule has 1 atom stereocenters. The highest BCUT2D eigenvalue weighted by molar-refractivity contribution is 4.91. The first-order chi connectivity index (χ1) is 5.16. The molecule has 0 aliphatic heterocycles. The second-order valence-corrected chi connectivity index (χ2v) is 2.97. The topological polar surface area (TPSA) is 12.0 Å². The zero-order valence-electron chi connectivity index (χ0n) is 7.48. The van der Waals surface area contributed by atoms with Crippen molar-refractivity contribution in [2.45, 2.75) is 32.7 Å². The summed E-state index contributed by atoms with van der Waals surface area (Å²) in [5.74, 6) is 2.62. The fourth-order valence-corrected chi connectivity index (χ4v) is 0.781. The third-order valence-corrected chi connectivity index (χ3v) is 1.47. The van der Waals surface area contributed by atoms with Crippen molar-refractivity contribution in [1.29, 1.82) is 0 Å². The van der Waals surface area contributed by atoms with Gasteiger partial charge in [-0.3, -0.25) is 0 Å². The molecule has 0 aliphatic carbocycles. The summed E-state index contributed by atoms with van der Waals surface area (Å²) < 4.78 is 0. The third kappa shape index (κ3) is 7.15. The summed E-state index contributed by atoms with van der Waals surface area (Å²) in [5, 5.41) is 3.31. The molecule has 0 spiro atoms. The average Bonchev–Trinajstić information content (AvgIpc) is 1.87. The van der Waals surface area contributed by atoms with E-state index in [0.717, 1.165) is 19.4 Å². The van der Waals surface area contributed by atoms with Crippen LogP contribution in [0.5, 0.6) is 0 Å². The van der Waals surface area contributed by atoms with Crippen LogP contribution in [0.4, 0.5) is 0 Å². The maximum Gasteiger partial charge on any atom is 0.0238 e. The minimum absolute atomic E-state index is 0.430. The Morgan fingerprint density at radius 1 is 1.73 bits per heavy atom. The van der Waals surface area contributed by atoms with Gasteiger partial charge in [0.1, 0.15) is 0 Å². The van der Waals surface area contributed by atoms with Crippen LogP contribution in [-0.4, -0.2) is 12.6 Å². The van der Waals surface area contributed by atoms with E-state index in [1.165, 1.54) is 5.57 Å². The highest BCUT2D eigenvalue weighted by Crippen LogP contribution is 1.94. The van der Waals surface area contributed by atoms with E-state index in [1.54, 1.807) is 0 Å². The Labute approximate surface area is 69.9 Å². The molecule has 0 saturated heterocycles. The van der Waals surface area contributed by atoms with Gasteiger partial charge < -0.3 is 5.32 Å². The van der Waals surface area contributed by atoms with Crippen LogP contribution in [0.3, 0.4) is 0 Å². The first-order valence-electron chi connectivity index (χ1n) is 3.98. The molecule has 1 unspecified atom stereocenters. The lowest BCUT2D eigenvalue weighted by Gasteiger charge is -2.09. The molecule has 0 saturated carbocycles. The molecule has 1 nitrogen and oxygen atoms in total. The largest absolute Gasteiger partial charge is 0.313 e. The Hall–Kier alpha value is -0.740. The normalized spacial score (nSPS) is 12.1. The lowest BCUT2D eigenvalue weighted by Crippen LogP contribution is -2.26. The molecule has 62 valence electrons. The zero-order valence-corrected chi connectivity index (χ0v) is 7.48. The van der Waals surface area contributed by atoms with Crippen molar-refractivity contribution >= 4 is 0 Å². The number of terminal acetylenes is 1. The highest BCUT2D eigenvalue weighted by Gasteiger charge is 1.96. The summed E-state index contributed by atoms with van der Waals surface area (Å²) in [7, 11) is 0. The van der Waals surface area contributed by atoms with Crippen LogP contribution in [-0.2, 0) is 0 Å². The van der Waals surface area contributed by atoms with Gasteiger partial charge in [0.05, 0.1) is 0 Å². The number of nitrogens with one attached hydrogen (secondary N) is 1. The average molecular weight is 151 g/mol. The van der Waals surface area contributed by atoms with Crippen molar-refractivity contribution in [1.82, 2.24) is 5.32 Å². The van der Waals surface area contributed by atoms with Crippen molar-refractivity contribution in [2.24, 2.45) is 0 Å². The summed E-state index contributed by atoms with van der Waals surface area (Å²) in [5.41, 5.74) is 1.21. The Kier molecular flexibility index (Phi) is 5.60. The molecule has 0 aliphatic rings. The molecule has 0 radical (unpaired) electrons. The Bertz CT molecular complexity index is 153. The van der Waals surface area contributed by atoms with Crippen LogP contribution in [0.1, 0.15) is 26.7 Å². The number of hydrogen-bond acceptors (Lipinski definition) is 1. The van der Waals surface area contributed by atoms with Gasteiger partial charge in [0.25, 0.3) is 0 Å². The molecule has 0 rings (SSSR count). The minimum Gasteiger partial charge on any atom is -0.313 e. The number of hydrogen-bond donors (Lipinski definition) is 1. The molecule has 0 fully saturated rings. The van der Waals surface area contributed by atoms with E-state index in [4.69, 9.17) is 6.42 Å². The van der Waals surface area contributed by atoms with Crippen LogP contribution in [0.2, 0.25) is 0 Å². The van der Waals surface area contributed by atoms with E-state index in [2.05, 4.69) is 24.7 Å². The fourth-order valence-electron chi connectivity index (χ4n) is 0.781.